The molecule has 0 aliphatic heterocycles. The van der Waals surface area contributed by atoms with Crippen molar-refractivity contribution in [1.29, 1.82) is 0 Å². The molecule has 1 aromatic rings. The minimum atomic E-state index is 0.753. The largest absolute Gasteiger partial charge is 0.313 e. The zero-order valence-electron chi connectivity index (χ0n) is 11.5. The van der Waals surface area contributed by atoms with Gasteiger partial charge in [-0.15, -0.1) is 0 Å². The average molecular weight is 243 g/mol. The summed E-state index contributed by atoms with van der Waals surface area (Å²) in [5.74, 6) is 1.63. The number of aryl methyl sites for hydroxylation is 1. The summed E-state index contributed by atoms with van der Waals surface area (Å²) in [6.45, 7) is 3.59. The van der Waals surface area contributed by atoms with Gasteiger partial charge >= 0.3 is 0 Å². The Balaban J connectivity index is 1.64. The first kappa shape index (κ1) is 12.2. The molecule has 2 aliphatic carbocycles. The van der Waals surface area contributed by atoms with Crippen LogP contribution in [0.4, 0.5) is 0 Å². The average Bonchev–Trinajstić information content (AvgIpc) is 2.82. The first-order valence-electron chi connectivity index (χ1n) is 7.66. The van der Waals surface area contributed by atoms with Gasteiger partial charge < -0.3 is 5.32 Å². The lowest BCUT2D eigenvalue weighted by atomic mass is 9.82. The van der Waals surface area contributed by atoms with Crippen molar-refractivity contribution in [2.75, 3.05) is 6.54 Å². The zero-order chi connectivity index (χ0) is 12.4. The molecule has 18 heavy (non-hydrogen) atoms. The lowest BCUT2D eigenvalue weighted by Gasteiger charge is -2.28. The van der Waals surface area contributed by atoms with Gasteiger partial charge in [-0.25, -0.2) is 0 Å². The van der Waals surface area contributed by atoms with E-state index in [-0.39, 0.29) is 0 Å². The van der Waals surface area contributed by atoms with E-state index in [0.717, 1.165) is 17.9 Å². The summed E-state index contributed by atoms with van der Waals surface area (Å²) >= 11 is 0. The molecule has 0 radical (unpaired) electrons. The Kier molecular flexibility index (Phi) is 3.69. The van der Waals surface area contributed by atoms with Crippen LogP contribution in [0.2, 0.25) is 0 Å². The molecular formula is C17H25N. The van der Waals surface area contributed by atoms with Crippen LogP contribution in [0.5, 0.6) is 0 Å². The Morgan fingerprint density at radius 2 is 2.00 bits per heavy atom. The van der Waals surface area contributed by atoms with Gasteiger partial charge in [-0.3, -0.25) is 0 Å². The highest BCUT2D eigenvalue weighted by Gasteiger charge is 2.25. The van der Waals surface area contributed by atoms with Gasteiger partial charge in [0.05, 0.1) is 0 Å². The molecule has 1 saturated carbocycles. The summed E-state index contributed by atoms with van der Waals surface area (Å²) in [6, 6.07) is 9.83. The van der Waals surface area contributed by atoms with Crippen LogP contribution in [0.1, 0.15) is 56.1 Å². The Morgan fingerprint density at radius 1 is 1.11 bits per heavy atom. The van der Waals surface area contributed by atoms with Crippen LogP contribution in [0.15, 0.2) is 24.3 Å². The summed E-state index contributed by atoms with van der Waals surface area (Å²) in [5, 5.41) is 3.84. The maximum Gasteiger partial charge on any atom is 0.00929 e. The van der Waals surface area contributed by atoms with Crippen molar-refractivity contribution in [2.24, 2.45) is 5.92 Å². The molecule has 0 spiro atoms. The molecule has 1 nitrogen and oxygen atoms in total. The molecule has 3 rings (SSSR count). The van der Waals surface area contributed by atoms with Gasteiger partial charge in [0, 0.05) is 12.6 Å². The van der Waals surface area contributed by atoms with Crippen molar-refractivity contribution in [3.05, 3.63) is 35.4 Å². The van der Waals surface area contributed by atoms with E-state index >= 15 is 0 Å². The van der Waals surface area contributed by atoms with Crippen LogP contribution in [-0.4, -0.2) is 12.6 Å². The third kappa shape index (κ3) is 2.47. The SMILES string of the molecule is CC1CCCC1NCC1CCCc2ccccc21. The number of rotatable bonds is 3. The topological polar surface area (TPSA) is 12.0 Å². The predicted octanol–water partition coefficient (Wildman–Crippen LogP) is 3.88. The van der Waals surface area contributed by atoms with Crippen LogP contribution in [0.3, 0.4) is 0 Å². The molecule has 1 aromatic carbocycles. The van der Waals surface area contributed by atoms with Crippen LogP contribution in [-0.2, 0) is 6.42 Å². The van der Waals surface area contributed by atoms with Crippen molar-refractivity contribution >= 4 is 0 Å². The van der Waals surface area contributed by atoms with E-state index in [0.29, 0.717) is 0 Å². The van der Waals surface area contributed by atoms with Crippen molar-refractivity contribution < 1.29 is 0 Å². The van der Waals surface area contributed by atoms with Crippen molar-refractivity contribution in [3.8, 4) is 0 Å². The molecule has 0 heterocycles. The summed E-state index contributed by atoms with van der Waals surface area (Å²) in [4.78, 5) is 0. The molecule has 1 heteroatoms. The Hall–Kier alpha value is -0.820. The van der Waals surface area contributed by atoms with Crippen LogP contribution >= 0.6 is 0 Å². The van der Waals surface area contributed by atoms with E-state index in [1.807, 2.05) is 0 Å². The summed E-state index contributed by atoms with van der Waals surface area (Å²) in [6.07, 6.45) is 8.23. The van der Waals surface area contributed by atoms with E-state index in [2.05, 4.69) is 36.5 Å². The second kappa shape index (κ2) is 5.44. The van der Waals surface area contributed by atoms with Gasteiger partial charge in [-0.05, 0) is 55.1 Å². The first-order valence-corrected chi connectivity index (χ1v) is 7.66. The van der Waals surface area contributed by atoms with Crippen molar-refractivity contribution in [1.82, 2.24) is 5.32 Å². The molecule has 0 aromatic heterocycles. The summed E-state index contributed by atoms with van der Waals surface area (Å²) in [5.41, 5.74) is 3.21. The number of hydrogen-bond acceptors (Lipinski definition) is 1. The fraction of sp³-hybridized carbons (Fsp3) is 0.647. The number of hydrogen-bond donors (Lipinski definition) is 1. The van der Waals surface area contributed by atoms with Crippen LogP contribution in [0, 0.1) is 5.92 Å². The van der Waals surface area contributed by atoms with E-state index in [1.54, 1.807) is 11.1 Å². The van der Waals surface area contributed by atoms with Gasteiger partial charge in [0.2, 0.25) is 0 Å². The Morgan fingerprint density at radius 3 is 2.83 bits per heavy atom. The molecular weight excluding hydrogens is 218 g/mol. The Bertz CT molecular complexity index is 398. The summed E-state index contributed by atoms with van der Waals surface area (Å²) < 4.78 is 0. The van der Waals surface area contributed by atoms with Gasteiger partial charge in [0.1, 0.15) is 0 Å². The second-order valence-corrected chi connectivity index (χ2v) is 6.21. The minimum Gasteiger partial charge on any atom is -0.313 e. The second-order valence-electron chi connectivity index (χ2n) is 6.21. The molecule has 3 unspecified atom stereocenters. The predicted molar refractivity (Wildman–Crippen MR) is 76.9 cm³/mol. The molecule has 98 valence electrons. The maximum absolute atomic E-state index is 3.84. The third-order valence-electron chi connectivity index (χ3n) is 4.98. The third-order valence-corrected chi connectivity index (χ3v) is 4.98. The fourth-order valence-corrected chi connectivity index (χ4v) is 3.81. The minimum absolute atomic E-state index is 0.753. The molecule has 2 aliphatic rings. The molecule has 1 fully saturated rings. The smallest absolute Gasteiger partial charge is 0.00929 e. The van der Waals surface area contributed by atoms with E-state index < -0.39 is 0 Å². The van der Waals surface area contributed by atoms with Gasteiger partial charge in [0.25, 0.3) is 0 Å². The summed E-state index contributed by atoms with van der Waals surface area (Å²) in [7, 11) is 0. The van der Waals surface area contributed by atoms with Crippen LogP contribution < -0.4 is 5.32 Å². The highest BCUT2D eigenvalue weighted by molar-refractivity contribution is 5.32. The molecule has 3 atom stereocenters. The molecule has 0 amide bonds. The van der Waals surface area contributed by atoms with E-state index in [1.165, 1.54) is 45.1 Å². The standard InChI is InChI=1S/C17H25N/c1-13-6-4-11-17(13)18-12-15-9-5-8-14-7-2-3-10-16(14)15/h2-3,7,10,13,15,17-18H,4-6,8-9,11-12H2,1H3. The highest BCUT2D eigenvalue weighted by Crippen LogP contribution is 2.32. The van der Waals surface area contributed by atoms with Gasteiger partial charge in [-0.2, -0.15) is 0 Å². The lowest BCUT2D eigenvalue weighted by Crippen LogP contribution is -2.35. The number of fused-ring (bicyclic) bond motifs is 1. The van der Waals surface area contributed by atoms with E-state index in [9.17, 15) is 0 Å². The molecule has 1 N–H and O–H groups in total. The monoisotopic (exact) mass is 243 g/mol. The lowest BCUT2D eigenvalue weighted by molar-refractivity contribution is 0.397. The number of benzene rings is 1. The Labute approximate surface area is 111 Å². The van der Waals surface area contributed by atoms with Gasteiger partial charge in [-0.1, -0.05) is 37.6 Å². The first-order chi connectivity index (χ1) is 8.84. The zero-order valence-corrected chi connectivity index (χ0v) is 11.5. The molecule has 0 bridgehead atoms. The maximum atomic E-state index is 3.84. The van der Waals surface area contributed by atoms with Crippen molar-refractivity contribution in [2.45, 2.75) is 57.4 Å². The highest BCUT2D eigenvalue weighted by atomic mass is 14.9. The van der Waals surface area contributed by atoms with Gasteiger partial charge in [0.15, 0.2) is 0 Å². The van der Waals surface area contributed by atoms with E-state index in [4.69, 9.17) is 0 Å². The normalized spacial score (nSPS) is 31.3. The van der Waals surface area contributed by atoms with Crippen LogP contribution in [0.25, 0.3) is 0 Å². The fourth-order valence-electron chi connectivity index (χ4n) is 3.81. The van der Waals surface area contributed by atoms with Crippen molar-refractivity contribution in [3.63, 3.8) is 0 Å². The quantitative estimate of drug-likeness (QED) is 0.849. The molecule has 0 saturated heterocycles. The number of nitrogens with one attached hydrogen (secondary N) is 1.